The topological polar surface area (TPSA) is 69.6 Å². The Morgan fingerprint density at radius 1 is 1.44 bits per heavy atom. The number of carbonyl (C=O) groups is 2. The summed E-state index contributed by atoms with van der Waals surface area (Å²) in [5.74, 6) is -0.996. The molecule has 90 valence electrons. The summed E-state index contributed by atoms with van der Waals surface area (Å²) in [5.41, 5.74) is 0.0704. The lowest BCUT2D eigenvalue weighted by Gasteiger charge is -2.21. The van der Waals surface area contributed by atoms with E-state index in [2.05, 4.69) is 11.9 Å². The summed E-state index contributed by atoms with van der Waals surface area (Å²) in [6.45, 7) is 6.90. The van der Waals surface area contributed by atoms with Crippen molar-refractivity contribution in [2.24, 2.45) is 0 Å². The number of carboxylic acid groups (broad SMARTS) is 1. The summed E-state index contributed by atoms with van der Waals surface area (Å²) < 4.78 is 0. The maximum absolute atomic E-state index is 11.8. The predicted octanol–water partition coefficient (Wildman–Crippen LogP) is 0.228. The minimum absolute atomic E-state index is 0.0377. The van der Waals surface area contributed by atoms with Crippen LogP contribution < -0.4 is 5.32 Å². The maximum Gasteiger partial charge on any atom is 0.332 e. The van der Waals surface area contributed by atoms with Gasteiger partial charge in [-0.2, -0.15) is 0 Å². The van der Waals surface area contributed by atoms with Crippen molar-refractivity contribution in [3.8, 4) is 0 Å². The van der Waals surface area contributed by atoms with Gasteiger partial charge in [0.1, 0.15) is 0 Å². The molecule has 1 rings (SSSR count). The smallest absolute Gasteiger partial charge is 0.332 e. The quantitative estimate of drug-likeness (QED) is 0.658. The second kappa shape index (κ2) is 5.65. The van der Waals surface area contributed by atoms with Crippen LogP contribution in [0, 0.1) is 0 Å². The van der Waals surface area contributed by atoms with E-state index < -0.39 is 5.97 Å². The van der Waals surface area contributed by atoms with Gasteiger partial charge >= 0.3 is 5.97 Å². The molecular weight excluding hydrogens is 208 g/mol. The number of aliphatic carboxylic acids is 1. The largest absolute Gasteiger partial charge is 0.478 e. The van der Waals surface area contributed by atoms with Crippen LogP contribution in [0.15, 0.2) is 12.2 Å². The summed E-state index contributed by atoms with van der Waals surface area (Å²) in [7, 11) is 0. The molecule has 0 saturated carbocycles. The Hall–Kier alpha value is -1.36. The SMILES string of the molecule is C=C(CNC(C)C(=O)N1CCCC1)C(=O)O. The van der Waals surface area contributed by atoms with E-state index in [1.54, 1.807) is 11.8 Å². The molecular formula is C11H18N2O3. The molecule has 0 spiro atoms. The zero-order valence-corrected chi connectivity index (χ0v) is 9.53. The highest BCUT2D eigenvalue weighted by molar-refractivity contribution is 5.86. The molecule has 0 aromatic carbocycles. The average molecular weight is 226 g/mol. The Labute approximate surface area is 95.1 Å². The van der Waals surface area contributed by atoms with Crippen molar-refractivity contribution in [3.63, 3.8) is 0 Å². The Balaban J connectivity index is 2.34. The molecule has 0 radical (unpaired) electrons. The Morgan fingerprint density at radius 2 is 2.00 bits per heavy atom. The third-order valence-corrected chi connectivity index (χ3v) is 2.71. The number of likely N-dealkylation sites (tertiary alicyclic amines) is 1. The van der Waals surface area contributed by atoms with Crippen molar-refractivity contribution in [2.45, 2.75) is 25.8 Å². The van der Waals surface area contributed by atoms with Crippen LogP contribution in [-0.2, 0) is 9.59 Å². The third-order valence-electron chi connectivity index (χ3n) is 2.71. The van der Waals surface area contributed by atoms with Crippen LogP contribution in [0.25, 0.3) is 0 Å². The Bertz CT molecular complexity index is 296. The van der Waals surface area contributed by atoms with Crippen LogP contribution >= 0.6 is 0 Å². The number of hydrogen-bond acceptors (Lipinski definition) is 3. The lowest BCUT2D eigenvalue weighted by molar-refractivity contribution is -0.134. The first kappa shape index (κ1) is 12.7. The van der Waals surface area contributed by atoms with Crippen LogP contribution in [0.5, 0.6) is 0 Å². The van der Waals surface area contributed by atoms with Gasteiger partial charge in [-0.3, -0.25) is 4.79 Å². The molecule has 0 aromatic heterocycles. The molecule has 5 heteroatoms. The van der Waals surface area contributed by atoms with Gasteiger partial charge in [0.05, 0.1) is 6.04 Å². The van der Waals surface area contributed by atoms with Gasteiger partial charge in [-0.25, -0.2) is 4.79 Å². The Morgan fingerprint density at radius 3 is 2.50 bits per heavy atom. The second-order valence-corrected chi connectivity index (χ2v) is 4.04. The Kier molecular flexibility index (Phi) is 4.49. The van der Waals surface area contributed by atoms with E-state index in [1.807, 2.05) is 0 Å². The fraction of sp³-hybridized carbons (Fsp3) is 0.636. The second-order valence-electron chi connectivity index (χ2n) is 4.04. The van der Waals surface area contributed by atoms with Crippen molar-refractivity contribution in [2.75, 3.05) is 19.6 Å². The summed E-state index contributed by atoms with van der Waals surface area (Å²) in [5, 5.41) is 11.5. The minimum Gasteiger partial charge on any atom is -0.478 e. The van der Waals surface area contributed by atoms with Crippen LogP contribution in [-0.4, -0.2) is 47.6 Å². The third kappa shape index (κ3) is 3.34. The zero-order valence-electron chi connectivity index (χ0n) is 9.53. The number of carbonyl (C=O) groups excluding carboxylic acids is 1. The molecule has 5 nitrogen and oxygen atoms in total. The van der Waals surface area contributed by atoms with Gasteiger partial charge in [0.15, 0.2) is 0 Å². The standard InChI is InChI=1S/C11H18N2O3/c1-8(11(15)16)7-12-9(2)10(14)13-5-3-4-6-13/h9,12H,1,3-7H2,2H3,(H,15,16). The van der Waals surface area contributed by atoms with Gasteiger partial charge in [-0.15, -0.1) is 0 Å². The zero-order chi connectivity index (χ0) is 12.1. The van der Waals surface area contributed by atoms with E-state index in [9.17, 15) is 9.59 Å². The van der Waals surface area contributed by atoms with E-state index in [0.29, 0.717) is 0 Å². The number of amides is 1. The fourth-order valence-electron chi connectivity index (χ4n) is 1.65. The molecule has 1 heterocycles. The first-order chi connectivity index (χ1) is 7.52. The van der Waals surface area contributed by atoms with E-state index >= 15 is 0 Å². The van der Waals surface area contributed by atoms with Gasteiger partial charge in [0.2, 0.25) is 5.91 Å². The van der Waals surface area contributed by atoms with Crippen molar-refractivity contribution in [3.05, 3.63) is 12.2 Å². The fourth-order valence-corrected chi connectivity index (χ4v) is 1.65. The first-order valence-electron chi connectivity index (χ1n) is 5.45. The van der Waals surface area contributed by atoms with Crippen LogP contribution in [0.1, 0.15) is 19.8 Å². The molecule has 0 bridgehead atoms. The van der Waals surface area contributed by atoms with Gasteiger partial charge < -0.3 is 15.3 Å². The number of rotatable bonds is 5. The van der Waals surface area contributed by atoms with E-state index in [4.69, 9.17) is 5.11 Å². The molecule has 2 N–H and O–H groups in total. The molecule has 1 fully saturated rings. The number of nitrogens with one attached hydrogen (secondary N) is 1. The van der Waals surface area contributed by atoms with Crippen LogP contribution in [0.2, 0.25) is 0 Å². The highest BCUT2D eigenvalue weighted by Crippen LogP contribution is 2.08. The molecule has 1 saturated heterocycles. The molecule has 1 aliphatic heterocycles. The van der Waals surface area contributed by atoms with Gasteiger partial charge in [0.25, 0.3) is 0 Å². The van der Waals surface area contributed by atoms with E-state index in [-0.39, 0.29) is 24.1 Å². The van der Waals surface area contributed by atoms with Crippen molar-refractivity contribution in [1.29, 1.82) is 0 Å². The van der Waals surface area contributed by atoms with Gasteiger partial charge in [-0.05, 0) is 19.8 Å². The molecule has 0 aromatic rings. The summed E-state index contributed by atoms with van der Waals surface area (Å²) in [6.07, 6.45) is 2.11. The maximum atomic E-state index is 11.8. The van der Waals surface area contributed by atoms with Crippen molar-refractivity contribution >= 4 is 11.9 Å². The van der Waals surface area contributed by atoms with E-state index in [1.165, 1.54) is 0 Å². The highest BCUT2D eigenvalue weighted by atomic mass is 16.4. The van der Waals surface area contributed by atoms with Crippen LogP contribution in [0.4, 0.5) is 0 Å². The number of nitrogens with zero attached hydrogens (tertiary/aromatic N) is 1. The summed E-state index contributed by atoms with van der Waals surface area (Å²) in [4.78, 5) is 24.1. The normalized spacial score (nSPS) is 17.2. The molecule has 1 unspecified atom stereocenters. The predicted molar refractivity (Wildman–Crippen MR) is 60.1 cm³/mol. The van der Waals surface area contributed by atoms with Gasteiger partial charge in [0, 0.05) is 25.2 Å². The molecule has 1 amide bonds. The first-order valence-corrected chi connectivity index (χ1v) is 5.45. The van der Waals surface area contributed by atoms with E-state index in [0.717, 1.165) is 25.9 Å². The number of carboxylic acids is 1. The minimum atomic E-state index is -1.03. The summed E-state index contributed by atoms with van der Waals surface area (Å²) in [6, 6.07) is -0.353. The lowest BCUT2D eigenvalue weighted by Crippen LogP contribution is -2.44. The van der Waals surface area contributed by atoms with Gasteiger partial charge in [-0.1, -0.05) is 6.58 Å². The monoisotopic (exact) mass is 226 g/mol. The molecule has 1 atom stereocenters. The lowest BCUT2D eigenvalue weighted by atomic mass is 10.2. The molecule has 1 aliphatic rings. The number of hydrogen-bond donors (Lipinski definition) is 2. The van der Waals surface area contributed by atoms with Crippen molar-refractivity contribution < 1.29 is 14.7 Å². The van der Waals surface area contributed by atoms with Crippen LogP contribution in [0.3, 0.4) is 0 Å². The highest BCUT2D eigenvalue weighted by Gasteiger charge is 2.22. The summed E-state index contributed by atoms with van der Waals surface area (Å²) >= 11 is 0. The molecule has 16 heavy (non-hydrogen) atoms. The average Bonchev–Trinajstić information content (AvgIpc) is 2.77. The van der Waals surface area contributed by atoms with Crippen molar-refractivity contribution in [1.82, 2.24) is 10.2 Å². The molecule has 0 aliphatic carbocycles.